The molecule has 3 N–H and O–H groups in total. The second-order valence-corrected chi connectivity index (χ2v) is 7.19. The molecule has 162 valence electrons. The minimum Gasteiger partial charge on any atom is -0.357 e. The third-order valence-corrected chi connectivity index (χ3v) is 4.76. The number of aliphatic imine (C=N–C) groups is 1. The highest BCUT2D eigenvalue weighted by Gasteiger charge is 2.10. The largest absolute Gasteiger partial charge is 0.357 e. The van der Waals surface area contributed by atoms with Gasteiger partial charge in [-0.25, -0.2) is 9.98 Å². The second-order valence-electron chi connectivity index (χ2n) is 7.19. The summed E-state index contributed by atoms with van der Waals surface area (Å²) in [6.45, 7) is 6.47. The summed E-state index contributed by atoms with van der Waals surface area (Å²) in [5, 5.41) is 6.13. The van der Waals surface area contributed by atoms with Crippen LogP contribution in [0.3, 0.4) is 0 Å². The Bertz CT molecular complexity index is 994. The predicted octanol–water partition coefficient (Wildman–Crippen LogP) is 3.42. The van der Waals surface area contributed by atoms with Crippen LogP contribution in [0, 0.1) is 0 Å². The monoisotopic (exact) mass is 418 g/mol. The van der Waals surface area contributed by atoms with Crippen LogP contribution in [0.5, 0.6) is 0 Å². The van der Waals surface area contributed by atoms with Crippen molar-refractivity contribution in [2.75, 3.05) is 20.1 Å². The van der Waals surface area contributed by atoms with E-state index < -0.39 is 0 Å². The van der Waals surface area contributed by atoms with Gasteiger partial charge in [-0.1, -0.05) is 42.5 Å². The van der Waals surface area contributed by atoms with E-state index in [4.69, 9.17) is 4.99 Å². The summed E-state index contributed by atoms with van der Waals surface area (Å²) in [6, 6.07) is 17.7. The standard InChI is InChI=1S/C24H30N6O/c1-4-25-23(31)20-13-11-18(12-14-20)15-28-24(26-5-2)30(3)17-22-27-16-21(29-22)19-9-7-6-8-10-19/h6-14,16H,4-5,15,17H2,1-3H3,(H,25,31)(H,26,28)(H,27,29). The molecular formula is C24H30N6O. The molecule has 0 fully saturated rings. The zero-order valence-corrected chi connectivity index (χ0v) is 18.4. The molecule has 7 heteroatoms. The highest BCUT2D eigenvalue weighted by atomic mass is 16.1. The number of H-pyrrole nitrogens is 1. The van der Waals surface area contributed by atoms with Crippen LogP contribution in [0.1, 0.15) is 35.6 Å². The summed E-state index contributed by atoms with van der Waals surface area (Å²) < 4.78 is 0. The van der Waals surface area contributed by atoms with Gasteiger partial charge in [-0.3, -0.25) is 4.79 Å². The number of hydrogen-bond donors (Lipinski definition) is 3. The molecule has 0 unspecified atom stereocenters. The van der Waals surface area contributed by atoms with Crippen LogP contribution in [0.4, 0.5) is 0 Å². The van der Waals surface area contributed by atoms with Crippen molar-refractivity contribution in [1.82, 2.24) is 25.5 Å². The Kier molecular flexibility index (Phi) is 7.81. The number of imidazole rings is 1. The van der Waals surface area contributed by atoms with Crippen LogP contribution in [-0.4, -0.2) is 46.9 Å². The van der Waals surface area contributed by atoms with Crippen LogP contribution in [0.25, 0.3) is 11.3 Å². The number of amides is 1. The molecule has 0 atom stereocenters. The quantitative estimate of drug-likeness (QED) is 0.386. The van der Waals surface area contributed by atoms with E-state index in [0.29, 0.717) is 25.2 Å². The number of carbonyl (C=O) groups is 1. The van der Waals surface area contributed by atoms with E-state index in [1.54, 1.807) is 0 Å². The SMILES string of the molecule is CCNC(=O)c1ccc(CN=C(NCC)N(C)Cc2ncc(-c3ccccc3)[nH]2)cc1. The van der Waals surface area contributed by atoms with Gasteiger partial charge in [0.15, 0.2) is 5.96 Å². The summed E-state index contributed by atoms with van der Waals surface area (Å²) in [5.74, 6) is 1.62. The Labute approximate surface area is 183 Å². The first-order chi connectivity index (χ1) is 15.1. The van der Waals surface area contributed by atoms with Gasteiger partial charge >= 0.3 is 0 Å². The van der Waals surface area contributed by atoms with Crippen LogP contribution < -0.4 is 10.6 Å². The molecule has 0 aliphatic heterocycles. The van der Waals surface area contributed by atoms with Crippen molar-refractivity contribution in [3.8, 4) is 11.3 Å². The number of nitrogens with one attached hydrogen (secondary N) is 3. The maximum atomic E-state index is 11.9. The van der Waals surface area contributed by atoms with Gasteiger partial charge in [0, 0.05) is 25.7 Å². The molecule has 2 aromatic carbocycles. The number of benzene rings is 2. The number of aromatic nitrogens is 2. The van der Waals surface area contributed by atoms with Crippen LogP contribution in [0.2, 0.25) is 0 Å². The van der Waals surface area contributed by atoms with Gasteiger partial charge in [0.25, 0.3) is 5.91 Å². The smallest absolute Gasteiger partial charge is 0.251 e. The van der Waals surface area contributed by atoms with E-state index in [0.717, 1.165) is 35.1 Å². The summed E-state index contributed by atoms with van der Waals surface area (Å²) in [5.41, 5.74) is 3.81. The topological polar surface area (TPSA) is 85.4 Å². The molecule has 0 radical (unpaired) electrons. The van der Waals surface area contributed by atoms with Gasteiger partial charge in [-0.15, -0.1) is 0 Å². The molecule has 31 heavy (non-hydrogen) atoms. The second kappa shape index (κ2) is 11.0. The number of hydrogen-bond acceptors (Lipinski definition) is 3. The molecule has 0 aliphatic rings. The molecule has 0 saturated heterocycles. The van der Waals surface area contributed by atoms with E-state index in [-0.39, 0.29) is 5.91 Å². The molecule has 1 heterocycles. The lowest BCUT2D eigenvalue weighted by Crippen LogP contribution is -2.38. The van der Waals surface area contributed by atoms with Crippen molar-refractivity contribution in [3.05, 3.63) is 77.7 Å². The van der Waals surface area contributed by atoms with Crippen LogP contribution in [0.15, 0.2) is 65.8 Å². The third kappa shape index (κ3) is 6.18. The highest BCUT2D eigenvalue weighted by Crippen LogP contribution is 2.16. The number of guanidine groups is 1. The van der Waals surface area contributed by atoms with Crippen molar-refractivity contribution in [1.29, 1.82) is 0 Å². The highest BCUT2D eigenvalue weighted by molar-refractivity contribution is 5.94. The van der Waals surface area contributed by atoms with E-state index in [2.05, 4.69) is 32.7 Å². The Balaban J connectivity index is 1.65. The van der Waals surface area contributed by atoms with Gasteiger partial charge < -0.3 is 20.5 Å². The molecule has 3 rings (SSSR count). The molecule has 1 aromatic heterocycles. The first-order valence-corrected chi connectivity index (χ1v) is 10.6. The fourth-order valence-corrected chi connectivity index (χ4v) is 3.17. The van der Waals surface area contributed by atoms with Gasteiger partial charge in [0.2, 0.25) is 0 Å². The number of aromatic amines is 1. The van der Waals surface area contributed by atoms with Gasteiger partial charge in [0.1, 0.15) is 5.82 Å². The molecular weight excluding hydrogens is 388 g/mol. The Morgan fingerprint density at radius 2 is 1.74 bits per heavy atom. The van der Waals surface area contributed by atoms with Gasteiger partial charge in [-0.2, -0.15) is 0 Å². The maximum absolute atomic E-state index is 11.9. The lowest BCUT2D eigenvalue weighted by molar-refractivity contribution is 0.0956. The van der Waals surface area contributed by atoms with Crippen molar-refractivity contribution >= 4 is 11.9 Å². The zero-order valence-electron chi connectivity index (χ0n) is 18.4. The molecule has 3 aromatic rings. The summed E-state index contributed by atoms with van der Waals surface area (Å²) >= 11 is 0. The molecule has 0 aliphatic carbocycles. The average Bonchev–Trinajstić information content (AvgIpc) is 3.26. The minimum absolute atomic E-state index is 0.0565. The molecule has 0 bridgehead atoms. The first-order valence-electron chi connectivity index (χ1n) is 10.6. The summed E-state index contributed by atoms with van der Waals surface area (Å²) in [4.78, 5) is 26.6. The molecule has 7 nitrogen and oxygen atoms in total. The molecule has 0 saturated carbocycles. The lowest BCUT2D eigenvalue weighted by atomic mass is 10.1. The summed E-state index contributed by atoms with van der Waals surface area (Å²) in [7, 11) is 1.99. The Hall–Kier alpha value is -3.61. The zero-order chi connectivity index (χ0) is 22.1. The van der Waals surface area contributed by atoms with E-state index >= 15 is 0 Å². The number of rotatable bonds is 8. The van der Waals surface area contributed by atoms with Crippen molar-refractivity contribution in [2.45, 2.75) is 26.9 Å². The van der Waals surface area contributed by atoms with Crippen molar-refractivity contribution in [2.24, 2.45) is 4.99 Å². The van der Waals surface area contributed by atoms with Crippen LogP contribution in [-0.2, 0) is 13.1 Å². The minimum atomic E-state index is -0.0565. The fraction of sp³-hybridized carbons (Fsp3) is 0.292. The normalized spacial score (nSPS) is 11.3. The Morgan fingerprint density at radius 3 is 2.42 bits per heavy atom. The fourth-order valence-electron chi connectivity index (χ4n) is 3.17. The number of nitrogens with zero attached hydrogens (tertiary/aromatic N) is 3. The van der Waals surface area contributed by atoms with E-state index in [9.17, 15) is 4.79 Å². The first kappa shape index (κ1) is 22.1. The molecule has 0 spiro atoms. The number of carbonyl (C=O) groups excluding carboxylic acids is 1. The van der Waals surface area contributed by atoms with Crippen molar-refractivity contribution < 1.29 is 4.79 Å². The van der Waals surface area contributed by atoms with E-state index in [1.807, 2.05) is 74.5 Å². The molecule has 1 amide bonds. The van der Waals surface area contributed by atoms with E-state index in [1.165, 1.54) is 0 Å². The maximum Gasteiger partial charge on any atom is 0.251 e. The lowest BCUT2D eigenvalue weighted by Gasteiger charge is -2.21. The van der Waals surface area contributed by atoms with Crippen molar-refractivity contribution in [3.63, 3.8) is 0 Å². The average molecular weight is 419 g/mol. The Morgan fingerprint density at radius 1 is 1.03 bits per heavy atom. The van der Waals surface area contributed by atoms with Crippen LogP contribution >= 0.6 is 0 Å². The predicted molar refractivity (Wildman–Crippen MR) is 125 cm³/mol. The summed E-state index contributed by atoms with van der Waals surface area (Å²) in [6.07, 6.45) is 1.86. The van der Waals surface area contributed by atoms with Gasteiger partial charge in [0.05, 0.1) is 25.0 Å². The van der Waals surface area contributed by atoms with Gasteiger partial charge in [-0.05, 0) is 37.1 Å². The third-order valence-electron chi connectivity index (χ3n) is 4.76.